The number of hydrogen-bond acceptors (Lipinski definition) is 4. The lowest BCUT2D eigenvalue weighted by Gasteiger charge is -2.23. The first-order chi connectivity index (χ1) is 11.1. The Balaban J connectivity index is 1.63. The van der Waals surface area contributed by atoms with Crippen LogP contribution in [-0.4, -0.2) is 33.9 Å². The van der Waals surface area contributed by atoms with Crippen LogP contribution in [0.4, 0.5) is 19.3 Å². The first-order valence-electron chi connectivity index (χ1n) is 7.04. The van der Waals surface area contributed by atoms with E-state index in [0.717, 1.165) is 18.0 Å². The molecule has 1 aliphatic rings. The molecule has 7 nitrogen and oxygen atoms in total. The maximum atomic E-state index is 13.8. The van der Waals surface area contributed by atoms with E-state index >= 15 is 0 Å². The largest absolute Gasteiger partial charge is 0.494 e. The van der Waals surface area contributed by atoms with E-state index in [4.69, 9.17) is 0 Å². The zero-order valence-corrected chi connectivity index (χ0v) is 12.3. The molecule has 1 aromatic carbocycles. The van der Waals surface area contributed by atoms with Crippen LogP contribution in [0.1, 0.15) is 12.2 Å². The fourth-order valence-electron chi connectivity index (χ4n) is 2.48. The maximum absolute atomic E-state index is 13.8. The third-order valence-electron chi connectivity index (χ3n) is 3.63. The van der Waals surface area contributed by atoms with E-state index in [1.807, 2.05) is 0 Å². The van der Waals surface area contributed by atoms with E-state index in [-0.39, 0.29) is 17.5 Å². The molecule has 2 N–H and O–H groups in total. The second kappa shape index (κ2) is 6.19. The first kappa shape index (κ1) is 15.2. The summed E-state index contributed by atoms with van der Waals surface area (Å²) in [5.41, 5.74) is -0.252. The van der Waals surface area contributed by atoms with Crippen molar-refractivity contribution >= 4 is 11.7 Å². The van der Waals surface area contributed by atoms with Crippen LogP contribution >= 0.6 is 0 Å². The summed E-state index contributed by atoms with van der Waals surface area (Å²) in [6.45, 7) is 0.488. The number of rotatable bonds is 3. The number of aryl methyl sites for hydroxylation is 1. The normalized spacial score (nSPS) is 16.6. The number of nitrogens with zero attached hydrogens (tertiary/aromatic N) is 3. The van der Waals surface area contributed by atoms with Gasteiger partial charge in [-0.15, -0.1) is 0 Å². The highest BCUT2D eigenvalue weighted by Crippen LogP contribution is 2.24. The van der Waals surface area contributed by atoms with Crippen molar-refractivity contribution in [2.75, 3.05) is 12.4 Å². The van der Waals surface area contributed by atoms with E-state index in [0.29, 0.717) is 19.4 Å². The zero-order valence-electron chi connectivity index (χ0n) is 12.3. The number of urea groups is 1. The van der Waals surface area contributed by atoms with Crippen LogP contribution in [0.25, 0.3) is 0 Å². The zero-order chi connectivity index (χ0) is 16.4. The van der Waals surface area contributed by atoms with Crippen molar-refractivity contribution < 1.29 is 18.3 Å². The number of hydrogen-bond donors (Lipinski definition) is 2. The quantitative estimate of drug-likeness (QED) is 0.901. The number of carbonyl (C=O) groups is 1. The first-order valence-corrected chi connectivity index (χ1v) is 7.04. The molecule has 0 aliphatic carbocycles. The topological polar surface area (TPSA) is 81.1 Å². The van der Waals surface area contributed by atoms with Gasteiger partial charge in [-0.05, 0) is 6.42 Å². The van der Waals surface area contributed by atoms with Crippen molar-refractivity contribution in [3.8, 4) is 5.75 Å². The van der Waals surface area contributed by atoms with Crippen LogP contribution in [0.2, 0.25) is 0 Å². The number of methoxy groups -OCH3 is 1. The second-order valence-corrected chi connectivity index (χ2v) is 5.16. The van der Waals surface area contributed by atoms with Crippen molar-refractivity contribution in [2.24, 2.45) is 0 Å². The summed E-state index contributed by atoms with van der Waals surface area (Å²) in [5, 5.41) is 9.07. The molecule has 0 saturated heterocycles. The highest BCUT2D eigenvalue weighted by atomic mass is 19.1. The van der Waals surface area contributed by atoms with Crippen LogP contribution in [0.5, 0.6) is 5.75 Å². The molecule has 0 spiro atoms. The van der Waals surface area contributed by atoms with Crippen molar-refractivity contribution in [3.05, 3.63) is 35.9 Å². The SMILES string of the molecule is COc1cc(F)c(NC(=O)N[C@H]2CCc3ncnn3C2)cc1F. The minimum absolute atomic E-state index is 0.157. The molecule has 9 heteroatoms. The van der Waals surface area contributed by atoms with Gasteiger partial charge in [0.25, 0.3) is 0 Å². The Bertz CT molecular complexity index is 734. The van der Waals surface area contributed by atoms with Crippen LogP contribution < -0.4 is 15.4 Å². The average Bonchev–Trinajstić information content (AvgIpc) is 2.98. The fourth-order valence-corrected chi connectivity index (χ4v) is 2.48. The molecule has 0 radical (unpaired) electrons. The minimum atomic E-state index is -0.777. The van der Waals surface area contributed by atoms with E-state index in [9.17, 15) is 13.6 Å². The van der Waals surface area contributed by atoms with Gasteiger partial charge in [-0.2, -0.15) is 5.10 Å². The van der Waals surface area contributed by atoms with Crippen LogP contribution in [0.15, 0.2) is 18.5 Å². The average molecular weight is 323 g/mol. The lowest BCUT2D eigenvalue weighted by Crippen LogP contribution is -2.43. The van der Waals surface area contributed by atoms with Gasteiger partial charge >= 0.3 is 6.03 Å². The van der Waals surface area contributed by atoms with Gasteiger partial charge in [0.15, 0.2) is 17.4 Å². The fraction of sp³-hybridized carbons (Fsp3) is 0.357. The van der Waals surface area contributed by atoms with Crippen molar-refractivity contribution in [1.82, 2.24) is 20.1 Å². The number of benzene rings is 1. The smallest absolute Gasteiger partial charge is 0.319 e. The number of aromatic nitrogens is 3. The monoisotopic (exact) mass is 323 g/mol. The van der Waals surface area contributed by atoms with Gasteiger partial charge < -0.3 is 15.4 Å². The Morgan fingerprint density at radius 2 is 2.22 bits per heavy atom. The number of halogens is 2. The third kappa shape index (κ3) is 3.22. The molecule has 0 fully saturated rings. The Labute approximate surface area is 130 Å². The number of fused-ring (bicyclic) bond motifs is 1. The van der Waals surface area contributed by atoms with Crippen LogP contribution in [0.3, 0.4) is 0 Å². The predicted octanol–water partition coefficient (Wildman–Crippen LogP) is 1.70. The molecule has 2 amide bonds. The van der Waals surface area contributed by atoms with E-state index in [1.165, 1.54) is 13.4 Å². The van der Waals surface area contributed by atoms with Crippen LogP contribution in [0, 0.1) is 11.6 Å². The molecule has 2 aromatic rings. The lowest BCUT2D eigenvalue weighted by atomic mass is 10.1. The summed E-state index contributed by atoms with van der Waals surface area (Å²) in [6, 6.07) is 0.995. The van der Waals surface area contributed by atoms with E-state index in [1.54, 1.807) is 4.68 Å². The van der Waals surface area contributed by atoms with Crippen molar-refractivity contribution in [1.29, 1.82) is 0 Å². The molecule has 0 saturated carbocycles. The van der Waals surface area contributed by atoms with Gasteiger partial charge in [-0.25, -0.2) is 23.2 Å². The summed E-state index contributed by atoms with van der Waals surface area (Å²) in [6.07, 6.45) is 2.86. The molecular formula is C14H15F2N5O2. The number of ether oxygens (including phenoxy) is 1. The maximum Gasteiger partial charge on any atom is 0.319 e. The predicted molar refractivity (Wildman–Crippen MR) is 77.2 cm³/mol. The molecule has 23 heavy (non-hydrogen) atoms. The molecule has 1 aliphatic heterocycles. The molecule has 0 unspecified atom stereocenters. The standard InChI is InChI=1S/C14H15F2N5O2/c1-23-12-5-9(15)11(4-10(12)16)20-14(22)19-8-2-3-13-17-7-18-21(13)6-8/h4-5,7-8H,2-3,6H2,1H3,(H2,19,20,22)/t8-/m0/s1. The summed E-state index contributed by atoms with van der Waals surface area (Å²) < 4.78 is 33.8. The second-order valence-electron chi connectivity index (χ2n) is 5.16. The highest BCUT2D eigenvalue weighted by molar-refractivity contribution is 5.89. The molecule has 1 atom stereocenters. The number of anilines is 1. The molecular weight excluding hydrogens is 308 g/mol. The van der Waals surface area contributed by atoms with Gasteiger partial charge in [-0.3, -0.25) is 0 Å². The summed E-state index contributed by atoms with van der Waals surface area (Å²) >= 11 is 0. The van der Waals surface area contributed by atoms with Crippen LogP contribution in [-0.2, 0) is 13.0 Å². The summed E-state index contributed by atoms with van der Waals surface area (Å²) in [5.74, 6) is -0.888. The van der Waals surface area contributed by atoms with Gasteiger partial charge in [0, 0.05) is 18.6 Å². The molecule has 0 bridgehead atoms. The molecule has 2 heterocycles. The van der Waals surface area contributed by atoms with Gasteiger partial charge in [0.1, 0.15) is 12.2 Å². The molecule has 3 rings (SSSR count). The lowest BCUT2D eigenvalue weighted by molar-refractivity contribution is 0.243. The van der Waals surface area contributed by atoms with Gasteiger partial charge in [-0.1, -0.05) is 0 Å². The van der Waals surface area contributed by atoms with E-state index in [2.05, 4.69) is 25.5 Å². The Hall–Kier alpha value is -2.71. The Kier molecular flexibility index (Phi) is 4.09. The van der Waals surface area contributed by atoms with Gasteiger partial charge in [0.2, 0.25) is 0 Å². The Morgan fingerprint density at radius 3 is 3.00 bits per heavy atom. The summed E-state index contributed by atoms with van der Waals surface area (Å²) in [4.78, 5) is 16.1. The summed E-state index contributed by atoms with van der Waals surface area (Å²) in [7, 11) is 1.24. The minimum Gasteiger partial charge on any atom is -0.494 e. The van der Waals surface area contributed by atoms with Crippen molar-refractivity contribution in [2.45, 2.75) is 25.4 Å². The number of nitrogens with one attached hydrogen (secondary N) is 2. The highest BCUT2D eigenvalue weighted by Gasteiger charge is 2.22. The molecule has 1 aromatic heterocycles. The molecule has 122 valence electrons. The third-order valence-corrected chi connectivity index (χ3v) is 3.63. The van der Waals surface area contributed by atoms with Gasteiger partial charge in [0.05, 0.1) is 25.4 Å². The number of carbonyl (C=O) groups excluding carboxylic acids is 1. The van der Waals surface area contributed by atoms with E-state index < -0.39 is 17.7 Å². The van der Waals surface area contributed by atoms with Crippen molar-refractivity contribution in [3.63, 3.8) is 0 Å². The Morgan fingerprint density at radius 1 is 1.39 bits per heavy atom. The number of amides is 2.